The Morgan fingerprint density at radius 1 is 1.19 bits per heavy atom. The summed E-state index contributed by atoms with van der Waals surface area (Å²) in [6, 6.07) is 9.87. The van der Waals surface area contributed by atoms with E-state index in [0.717, 1.165) is 4.47 Å². The van der Waals surface area contributed by atoms with Gasteiger partial charge in [0.2, 0.25) is 5.91 Å². The second-order valence-electron chi connectivity index (χ2n) is 6.73. The lowest BCUT2D eigenvalue weighted by molar-refractivity contribution is -0.117. The summed E-state index contributed by atoms with van der Waals surface area (Å²) >= 11 is 3.29. The van der Waals surface area contributed by atoms with Crippen LogP contribution in [0.4, 0.5) is 16.3 Å². The Kier molecular flexibility index (Phi) is 7.37. The van der Waals surface area contributed by atoms with E-state index in [1.54, 1.807) is 55.4 Å². The number of benzene rings is 1. The lowest BCUT2D eigenvalue weighted by Crippen LogP contribution is -2.30. The number of hydrogen-bond acceptors (Lipinski definition) is 7. The van der Waals surface area contributed by atoms with Crippen molar-refractivity contribution in [1.82, 2.24) is 9.88 Å². The minimum Gasteiger partial charge on any atom is -0.450 e. The molecule has 162 valence electrons. The van der Waals surface area contributed by atoms with Gasteiger partial charge in [-0.05, 0) is 59.7 Å². The topological polar surface area (TPSA) is 114 Å². The van der Waals surface area contributed by atoms with Crippen LogP contribution in [0.15, 0.2) is 56.3 Å². The Balaban J connectivity index is 1.71. The SMILES string of the molecule is CCOC(=O)Nc1ccc2c(CN(C)CC(=O)Nc3ccc(Br)cn3)cc(=O)oc2c1. The molecule has 0 bridgehead atoms. The van der Waals surface area contributed by atoms with Gasteiger partial charge in [-0.2, -0.15) is 0 Å². The molecule has 2 amide bonds. The first-order valence-corrected chi connectivity index (χ1v) is 10.2. The number of ether oxygens (including phenoxy) is 1. The molecule has 0 atom stereocenters. The molecule has 3 rings (SSSR count). The van der Waals surface area contributed by atoms with Crippen molar-refractivity contribution in [2.24, 2.45) is 0 Å². The second kappa shape index (κ2) is 10.2. The highest BCUT2D eigenvalue weighted by Crippen LogP contribution is 2.22. The third-order valence-corrected chi connectivity index (χ3v) is 4.67. The number of nitrogens with zero attached hydrogens (tertiary/aromatic N) is 2. The van der Waals surface area contributed by atoms with Gasteiger partial charge >= 0.3 is 11.7 Å². The molecule has 0 spiro atoms. The van der Waals surface area contributed by atoms with Crippen LogP contribution >= 0.6 is 15.9 Å². The minimum atomic E-state index is -0.591. The lowest BCUT2D eigenvalue weighted by atomic mass is 10.1. The summed E-state index contributed by atoms with van der Waals surface area (Å²) < 4.78 is 10.9. The molecule has 0 saturated carbocycles. The smallest absolute Gasteiger partial charge is 0.411 e. The molecular weight excluding hydrogens is 468 g/mol. The van der Waals surface area contributed by atoms with Crippen LogP contribution in [-0.4, -0.2) is 42.1 Å². The first-order valence-electron chi connectivity index (χ1n) is 9.44. The van der Waals surface area contributed by atoms with E-state index in [-0.39, 0.29) is 19.1 Å². The molecule has 3 aromatic rings. The molecule has 0 unspecified atom stereocenters. The fourth-order valence-corrected chi connectivity index (χ4v) is 3.18. The maximum atomic E-state index is 12.3. The molecule has 2 aromatic heterocycles. The third-order valence-electron chi connectivity index (χ3n) is 4.20. The van der Waals surface area contributed by atoms with Gasteiger partial charge in [0, 0.05) is 40.4 Å². The van der Waals surface area contributed by atoms with E-state index in [0.29, 0.717) is 34.6 Å². The Morgan fingerprint density at radius 3 is 2.71 bits per heavy atom. The number of hydrogen-bond donors (Lipinski definition) is 2. The summed E-state index contributed by atoms with van der Waals surface area (Å²) in [6.45, 7) is 2.39. The van der Waals surface area contributed by atoms with Gasteiger partial charge in [-0.3, -0.25) is 15.0 Å². The van der Waals surface area contributed by atoms with Gasteiger partial charge in [-0.15, -0.1) is 0 Å². The van der Waals surface area contributed by atoms with Crippen LogP contribution in [0.3, 0.4) is 0 Å². The zero-order chi connectivity index (χ0) is 22.4. The quantitative estimate of drug-likeness (QED) is 0.488. The van der Waals surface area contributed by atoms with Crippen molar-refractivity contribution in [3.05, 3.63) is 63.1 Å². The van der Waals surface area contributed by atoms with Crippen LogP contribution in [0.5, 0.6) is 0 Å². The maximum Gasteiger partial charge on any atom is 0.411 e. The van der Waals surface area contributed by atoms with Crippen LogP contribution in [0, 0.1) is 0 Å². The van der Waals surface area contributed by atoms with E-state index in [2.05, 4.69) is 31.5 Å². The van der Waals surface area contributed by atoms with Gasteiger partial charge in [0.1, 0.15) is 11.4 Å². The van der Waals surface area contributed by atoms with Gasteiger partial charge in [-0.25, -0.2) is 14.6 Å². The molecule has 0 aliphatic carbocycles. The predicted molar refractivity (Wildman–Crippen MR) is 120 cm³/mol. The van der Waals surface area contributed by atoms with Crippen molar-refractivity contribution in [3.63, 3.8) is 0 Å². The Hall–Kier alpha value is -3.24. The molecule has 0 radical (unpaired) electrons. The van der Waals surface area contributed by atoms with Crippen molar-refractivity contribution < 1.29 is 18.7 Å². The number of anilines is 2. The van der Waals surface area contributed by atoms with E-state index in [4.69, 9.17) is 9.15 Å². The van der Waals surface area contributed by atoms with Crippen molar-refractivity contribution in [2.45, 2.75) is 13.5 Å². The first-order chi connectivity index (χ1) is 14.8. The normalized spacial score (nSPS) is 10.8. The zero-order valence-corrected chi connectivity index (χ0v) is 18.6. The number of likely N-dealkylation sites (N-methyl/N-ethyl adjacent to an activating group) is 1. The highest BCUT2D eigenvalue weighted by molar-refractivity contribution is 9.10. The van der Waals surface area contributed by atoms with E-state index >= 15 is 0 Å². The summed E-state index contributed by atoms with van der Waals surface area (Å²) in [6.07, 6.45) is 1.01. The number of fused-ring (bicyclic) bond motifs is 1. The summed E-state index contributed by atoms with van der Waals surface area (Å²) in [5.74, 6) is 0.222. The third kappa shape index (κ3) is 6.37. The number of rotatable bonds is 7. The molecule has 0 saturated heterocycles. The van der Waals surface area contributed by atoms with Crippen LogP contribution in [0.2, 0.25) is 0 Å². The highest BCUT2D eigenvalue weighted by Gasteiger charge is 2.13. The van der Waals surface area contributed by atoms with Crippen LogP contribution in [0.25, 0.3) is 11.0 Å². The second-order valence-corrected chi connectivity index (χ2v) is 7.64. The van der Waals surface area contributed by atoms with E-state index < -0.39 is 11.7 Å². The van der Waals surface area contributed by atoms with Gasteiger partial charge in [0.05, 0.1) is 13.2 Å². The van der Waals surface area contributed by atoms with Crippen molar-refractivity contribution in [2.75, 3.05) is 30.8 Å². The number of pyridine rings is 1. The minimum absolute atomic E-state index is 0.0992. The highest BCUT2D eigenvalue weighted by atomic mass is 79.9. The first kappa shape index (κ1) is 22.4. The molecule has 0 aliphatic heterocycles. The number of halogens is 1. The molecule has 1 aromatic carbocycles. The molecule has 9 nitrogen and oxygen atoms in total. The maximum absolute atomic E-state index is 12.3. The molecule has 0 fully saturated rings. The van der Waals surface area contributed by atoms with E-state index in [1.807, 2.05) is 0 Å². The Bertz CT molecular complexity index is 1150. The summed E-state index contributed by atoms with van der Waals surface area (Å²) in [5, 5.41) is 6.00. The number of carbonyl (C=O) groups is 2. The number of nitrogens with one attached hydrogen (secondary N) is 2. The van der Waals surface area contributed by atoms with Crippen LogP contribution in [0.1, 0.15) is 12.5 Å². The molecule has 10 heteroatoms. The molecular formula is C21H21BrN4O5. The molecule has 2 N–H and O–H groups in total. The number of aromatic nitrogens is 1. The monoisotopic (exact) mass is 488 g/mol. The van der Waals surface area contributed by atoms with Gasteiger partial charge in [-0.1, -0.05) is 0 Å². The summed E-state index contributed by atoms with van der Waals surface area (Å²) in [4.78, 5) is 41.8. The molecule has 31 heavy (non-hydrogen) atoms. The molecule has 2 heterocycles. The van der Waals surface area contributed by atoms with Crippen LogP contribution in [-0.2, 0) is 16.1 Å². The average molecular weight is 489 g/mol. The van der Waals surface area contributed by atoms with Crippen molar-refractivity contribution >= 4 is 50.4 Å². The zero-order valence-electron chi connectivity index (χ0n) is 17.0. The average Bonchev–Trinajstić information content (AvgIpc) is 2.69. The van der Waals surface area contributed by atoms with Crippen LogP contribution < -0.4 is 16.3 Å². The molecule has 0 aliphatic rings. The Labute approximate surface area is 186 Å². The van der Waals surface area contributed by atoms with Crippen molar-refractivity contribution in [1.29, 1.82) is 0 Å². The van der Waals surface area contributed by atoms with Gasteiger partial charge in [0.15, 0.2) is 0 Å². The Morgan fingerprint density at radius 2 is 2.00 bits per heavy atom. The largest absolute Gasteiger partial charge is 0.450 e. The van der Waals surface area contributed by atoms with Crippen molar-refractivity contribution in [3.8, 4) is 0 Å². The van der Waals surface area contributed by atoms with Gasteiger partial charge < -0.3 is 14.5 Å². The summed E-state index contributed by atoms with van der Waals surface area (Å²) in [7, 11) is 1.77. The van der Waals surface area contributed by atoms with Gasteiger partial charge in [0.25, 0.3) is 0 Å². The predicted octanol–water partition coefficient (Wildman–Crippen LogP) is 3.59. The van der Waals surface area contributed by atoms with E-state index in [9.17, 15) is 14.4 Å². The number of amides is 2. The standard InChI is InChI=1S/C21H21BrN4O5/c1-3-30-21(29)24-15-5-6-16-13(8-20(28)31-17(16)9-15)11-26(2)12-19(27)25-18-7-4-14(22)10-23-18/h4-10H,3,11-12H2,1-2H3,(H,24,29)(H,23,25,27). The fourth-order valence-electron chi connectivity index (χ4n) is 2.95. The van der Waals surface area contributed by atoms with E-state index in [1.165, 1.54) is 6.07 Å². The summed E-state index contributed by atoms with van der Waals surface area (Å²) in [5.41, 5.74) is 0.952. The fraction of sp³-hybridized carbons (Fsp3) is 0.238. The number of carbonyl (C=O) groups excluding carboxylic acids is 2. The lowest BCUT2D eigenvalue weighted by Gasteiger charge is -2.17.